The molecule has 0 saturated heterocycles. The molecule has 4 rings (SSSR count). The normalized spacial score (nSPS) is 17.0. The Bertz CT molecular complexity index is 888. The van der Waals surface area contributed by atoms with Crippen LogP contribution in [0.2, 0.25) is 0 Å². The summed E-state index contributed by atoms with van der Waals surface area (Å²) in [6.45, 7) is 0.509. The first-order valence-electron chi connectivity index (χ1n) is 7.88. The molecule has 0 fully saturated rings. The van der Waals surface area contributed by atoms with E-state index in [1.165, 1.54) is 4.68 Å². The molecule has 1 aliphatic rings. The van der Waals surface area contributed by atoms with Crippen molar-refractivity contribution in [3.05, 3.63) is 77.6 Å². The van der Waals surface area contributed by atoms with Gasteiger partial charge in [0.05, 0.1) is 17.9 Å². The van der Waals surface area contributed by atoms with Crippen LogP contribution in [-0.2, 0) is 6.18 Å². The number of alkyl halides is 3. The monoisotopic (exact) mass is 343 g/mol. The first-order chi connectivity index (χ1) is 12.0. The molecule has 1 unspecified atom stereocenters. The van der Waals surface area contributed by atoms with Gasteiger partial charge >= 0.3 is 6.18 Å². The van der Waals surface area contributed by atoms with Crippen LogP contribution in [0.4, 0.5) is 13.2 Å². The second-order valence-corrected chi connectivity index (χ2v) is 5.88. The molecule has 2 heterocycles. The van der Waals surface area contributed by atoms with Crippen molar-refractivity contribution >= 4 is 0 Å². The lowest BCUT2D eigenvalue weighted by atomic mass is 9.85. The van der Waals surface area contributed by atoms with E-state index in [4.69, 9.17) is 4.74 Å². The van der Waals surface area contributed by atoms with E-state index in [-0.39, 0.29) is 5.92 Å². The van der Waals surface area contributed by atoms with Crippen molar-refractivity contribution < 1.29 is 17.9 Å². The van der Waals surface area contributed by atoms with Crippen LogP contribution in [0.5, 0.6) is 5.75 Å². The average molecular weight is 343 g/mol. The van der Waals surface area contributed by atoms with E-state index in [1.807, 2.05) is 6.07 Å². The van der Waals surface area contributed by atoms with Gasteiger partial charge in [-0.1, -0.05) is 18.2 Å². The first kappa shape index (κ1) is 15.7. The van der Waals surface area contributed by atoms with Crippen LogP contribution >= 0.6 is 0 Å². The van der Waals surface area contributed by atoms with Crippen molar-refractivity contribution in [3.8, 4) is 11.4 Å². The summed E-state index contributed by atoms with van der Waals surface area (Å²) in [5.74, 6) is 0.671. The van der Waals surface area contributed by atoms with E-state index < -0.39 is 11.7 Å². The van der Waals surface area contributed by atoms with Gasteiger partial charge in [-0.25, -0.2) is 4.68 Å². The van der Waals surface area contributed by atoms with Crippen molar-refractivity contribution in [1.29, 1.82) is 0 Å². The molecule has 0 N–H and O–H groups in total. The minimum Gasteiger partial charge on any atom is -0.493 e. The largest absolute Gasteiger partial charge is 0.493 e. The minimum atomic E-state index is -4.40. The van der Waals surface area contributed by atoms with Crippen molar-refractivity contribution in [2.45, 2.75) is 18.5 Å². The molecule has 1 aromatic heterocycles. The molecule has 1 radical (unpaired) electrons. The van der Waals surface area contributed by atoms with Crippen LogP contribution in [0.1, 0.15) is 29.0 Å². The zero-order chi connectivity index (χ0) is 17.4. The van der Waals surface area contributed by atoms with Crippen LogP contribution in [0.3, 0.4) is 0 Å². The van der Waals surface area contributed by atoms with Gasteiger partial charge in [0.25, 0.3) is 0 Å². The lowest BCUT2D eigenvalue weighted by molar-refractivity contribution is -0.137. The summed E-state index contributed by atoms with van der Waals surface area (Å²) in [6, 6.07) is 14.0. The number of fused-ring (bicyclic) bond motifs is 1. The third-order valence-corrected chi connectivity index (χ3v) is 4.38. The Hall–Kier alpha value is -2.76. The molecule has 3 aromatic rings. The second kappa shape index (κ2) is 5.95. The lowest BCUT2D eigenvalue weighted by Gasteiger charge is -2.28. The Balaban J connectivity index is 1.88. The Morgan fingerprint density at radius 1 is 1.20 bits per heavy atom. The molecule has 2 aromatic carbocycles. The zero-order valence-corrected chi connectivity index (χ0v) is 13.1. The van der Waals surface area contributed by atoms with E-state index in [2.05, 4.69) is 11.2 Å². The van der Waals surface area contributed by atoms with E-state index >= 15 is 0 Å². The van der Waals surface area contributed by atoms with Gasteiger partial charge < -0.3 is 4.74 Å². The van der Waals surface area contributed by atoms with E-state index in [9.17, 15) is 13.2 Å². The molecule has 6 heteroatoms. The summed E-state index contributed by atoms with van der Waals surface area (Å²) in [5.41, 5.74) is 1.51. The van der Waals surface area contributed by atoms with Crippen LogP contribution < -0.4 is 4.74 Å². The molecule has 0 saturated carbocycles. The van der Waals surface area contributed by atoms with Crippen molar-refractivity contribution in [3.63, 3.8) is 0 Å². The fourth-order valence-corrected chi connectivity index (χ4v) is 3.23. The summed E-state index contributed by atoms with van der Waals surface area (Å²) < 4.78 is 46.6. The van der Waals surface area contributed by atoms with Crippen molar-refractivity contribution in [2.24, 2.45) is 0 Å². The molecule has 25 heavy (non-hydrogen) atoms. The van der Waals surface area contributed by atoms with Gasteiger partial charge in [-0.2, -0.15) is 18.3 Å². The van der Waals surface area contributed by atoms with Crippen LogP contribution in [0.25, 0.3) is 5.69 Å². The highest BCUT2D eigenvalue weighted by atomic mass is 19.4. The fourth-order valence-electron chi connectivity index (χ4n) is 3.23. The van der Waals surface area contributed by atoms with Crippen LogP contribution in [-0.4, -0.2) is 16.4 Å². The fraction of sp³-hybridized carbons (Fsp3) is 0.211. The predicted octanol–water partition coefficient (Wildman–Crippen LogP) is 4.61. The highest BCUT2D eigenvalue weighted by Crippen LogP contribution is 2.41. The third kappa shape index (κ3) is 2.88. The van der Waals surface area contributed by atoms with Gasteiger partial charge in [0.1, 0.15) is 5.75 Å². The molecule has 127 valence electrons. The maximum atomic E-state index is 13.2. The number of hydrogen-bond acceptors (Lipinski definition) is 2. The molecule has 0 bridgehead atoms. The maximum absolute atomic E-state index is 13.2. The summed E-state index contributed by atoms with van der Waals surface area (Å²) >= 11 is 0. The number of benzene rings is 2. The number of hydrogen-bond donors (Lipinski definition) is 0. The summed E-state index contributed by atoms with van der Waals surface area (Å²) in [5, 5.41) is 4.13. The summed E-state index contributed by atoms with van der Waals surface area (Å²) in [7, 11) is 0. The molecular formula is C19H14F3N2O. The first-order valence-corrected chi connectivity index (χ1v) is 7.88. The Kier molecular flexibility index (Phi) is 3.75. The molecule has 1 aliphatic heterocycles. The Morgan fingerprint density at radius 3 is 2.84 bits per heavy atom. The van der Waals surface area contributed by atoms with Gasteiger partial charge in [0.15, 0.2) is 0 Å². The summed E-state index contributed by atoms with van der Waals surface area (Å²) in [6.07, 6.45) is -0.505. The van der Waals surface area contributed by atoms with Crippen molar-refractivity contribution in [2.75, 3.05) is 6.61 Å². The molecule has 1 atom stereocenters. The maximum Gasteiger partial charge on any atom is 0.416 e. The van der Waals surface area contributed by atoms with E-state index in [0.29, 0.717) is 18.7 Å². The van der Waals surface area contributed by atoms with E-state index in [1.54, 1.807) is 36.7 Å². The molecule has 3 nitrogen and oxygen atoms in total. The SMILES string of the molecule is FC(F)(F)c1ccc(C2CCOc3c[c]ccc32)c(-n2cccn2)c1. The van der Waals surface area contributed by atoms with Crippen LogP contribution in [0, 0.1) is 6.07 Å². The topological polar surface area (TPSA) is 27.1 Å². The summed E-state index contributed by atoms with van der Waals surface area (Å²) in [4.78, 5) is 0. The second-order valence-electron chi connectivity index (χ2n) is 5.88. The quantitative estimate of drug-likeness (QED) is 0.680. The van der Waals surface area contributed by atoms with Gasteiger partial charge in [-0.3, -0.25) is 0 Å². The van der Waals surface area contributed by atoms with Crippen LogP contribution in [0.15, 0.2) is 54.9 Å². The van der Waals surface area contributed by atoms with Crippen molar-refractivity contribution in [1.82, 2.24) is 9.78 Å². The van der Waals surface area contributed by atoms with Gasteiger partial charge in [0, 0.05) is 23.9 Å². The number of halogens is 3. The molecule has 0 amide bonds. The minimum absolute atomic E-state index is 0.0557. The van der Waals surface area contributed by atoms with Gasteiger partial charge in [-0.15, -0.1) is 0 Å². The van der Waals surface area contributed by atoms with Gasteiger partial charge in [0.2, 0.25) is 0 Å². The van der Waals surface area contributed by atoms with E-state index in [0.717, 1.165) is 29.0 Å². The number of ether oxygens (including phenoxy) is 1. The average Bonchev–Trinajstić information content (AvgIpc) is 3.14. The number of aromatic nitrogens is 2. The molecular weight excluding hydrogens is 329 g/mol. The smallest absolute Gasteiger partial charge is 0.416 e. The standard InChI is InChI=1S/C19H14F3N2O/c20-19(21,22)13-6-7-15(17(12-13)24-10-3-9-23-24)14-8-11-25-18-5-2-1-4-16(14)18/h1,3-7,9-10,12,14H,8,11H2. The Morgan fingerprint density at radius 2 is 2.08 bits per heavy atom. The highest BCUT2D eigenvalue weighted by Gasteiger charge is 2.33. The Labute approximate surface area is 142 Å². The third-order valence-electron chi connectivity index (χ3n) is 4.38. The van der Waals surface area contributed by atoms with Gasteiger partial charge in [-0.05, 0) is 42.3 Å². The molecule has 0 aliphatic carbocycles. The highest BCUT2D eigenvalue weighted by molar-refractivity contribution is 5.52. The number of nitrogens with zero attached hydrogens (tertiary/aromatic N) is 2. The predicted molar refractivity (Wildman–Crippen MR) is 85.8 cm³/mol. The number of rotatable bonds is 2. The molecule has 0 spiro atoms. The lowest BCUT2D eigenvalue weighted by Crippen LogP contribution is -2.17. The zero-order valence-electron chi connectivity index (χ0n) is 13.1.